The number of methoxy groups -OCH3 is 1. The van der Waals surface area contributed by atoms with Crippen molar-refractivity contribution in [1.29, 1.82) is 0 Å². The molecule has 4 heterocycles. The number of hydrogen-bond donors (Lipinski definition) is 1. The number of rotatable bonds is 4. The lowest BCUT2D eigenvalue weighted by molar-refractivity contribution is -0.139. The number of aryl methyl sites for hydroxylation is 1. The fourth-order valence-electron chi connectivity index (χ4n) is 5.80. The summed E-state index contributed by atoms with van der Waals surface area (Å²) in [5.41, 5.74) is 2.53. The first kappa shape index (κ1) is 30.6. The number of imidazole rings is 1. The average molecular weight is 632 g/mol. The number of benzene rings is 2. The molecule has 1 N–H and O–H groups in total. The van der Waals surface area contributed by atoms with Crippen molar-refractivity contribution in [3.8, 4) is 17.2 Å². The summed E-state index contributed by atoms with van der Waals surface area (Å²) < 4.78 is 20.1. The molecule has 2 aliphatic rings. The molecule has 6 rings (SSSR count). The predicted molar refractivity (Wildman–Crippen MR) is 169 cm³/mol. The van der Waals surface area contributed by atoms with Gasteiger partial charge < -0.3 is 29.3 Å². The van der Waals surface area contributed by atoms with Gasteiger partial charge in [-0.15, -0.1) is 11.3 Å². The third kappa shape index (κ3) is 7.29. The van der Waals surface area contributed by atoms with Crippen LogP contribution in [0.25, 0.3) is 4.96 Å². The summed E-state index contributed by atoms with van der Waals surface area (Å²) in [4.78, 5) is 48.5. The largest absolute Gasteiger partial charge is 0.493 e. The summed E-state index contributed by atoms with van der Waals surface area (Å²) in [6.45, 7) is 3.29. The van der Waals surface area contributed by atoms with Gasteiger partial charge in [0.15, 0.2) is 16.5 Å². The third-order valence-corrected chi connectivity index (χ3v) is 9.02. The summed E-state index contributed by atoms with van der Waals surface area (Å²) in [7, 11) is 1.59. The monoisotopic (exact) mass is 631 g/mol. The Labute approximate surface area is 265 Å². The zero-order chi connectivity index (χ0) is 31.3. The maximum absolute atomic E-state index is 13.3. The smallest absolute Gasteiger partial charge is 0.239 e. The van der Waals surface area contributed by atoms with Crippen molar-refractivity contribution in [3.63, 3.8) is 0 Å². The molecule has 3 amide bonds. The normalized spacial score (nSPS) is 19.7. The number of fused-ring (bicyclic) bond motifs is 6. The molecule has 1 fully saturated rings. The number of nitrogens with zero attached hydrogens (tertiary/aromatic N) is 4. The van der Waals surface area contributed by atoms with Crippen LogP contribution in [0.2, 0.25) is 0 Å². The fraction of sp³-hybridized carbons (Fsp3) is 0.394. The summed E-state index contributed by atoms with van der Waals surface area (Å²) >= 11 is 1.52. The number of amides is 3. The van der Waals surface area contributed by atoms with E-state index in [1.165, 1.54) is 11.3 Å². The van der Waals surface area contributed by atoms with Crippen LogP contribution in [0, 0.1) is 0 Å². The molecule has 2 aromatic carbocycles. The second-order valence-electron chi connectivity index (χ2n) is 11.3. The molecular formula is C33H37N5O6S. The highest BCUT2D eigenvalue weighted by Gasteiger charge is 2.34. The van der Waals surface area contributed by atoms with Crippen LogP contribution in [0.3, 0.4) is 0 Å². The number of likely N-dealkylation sites (N-methyl/N-ethyl adjacent to an activating group) is 1. The molecule has 236 valence electrons. The zero-order valence-electron chi connectivity index (χ0n) is 25.4. The minimum absolute atomic E-state index is 0.0390. The number of piperidine rings is 1. The van der Waals surface area contributed by atoms with Crippen molar-refractivity contribution in [2.45, 2.75) is 51.4 Å². The summed E-state index contributed by atoms with van der Waals surface area (Å²) in [5.74, 6) is 1.36. The van der Waals surface area contributed by atoms with Crippen molar-refractivity contribution in [2.75, 3.05) is 33.3 Å². The molecule has 12 heteroatoms. The highest BCUT2D eigenvalue weighted by Crippen LogP contribution is 2.33. The first-order valence-corrected chi connectivity index (χ1v) is 16.1. The second-order valence-corrected chi connectivity index (χ2v) is 12.2. The van der Waals surface area contributed by atoms with Crippen LogP contribution in [0.1, 0.15) is 36.6 Å². The van der Waals surface area contributed by atoms with E-state index in [0.717, 1.165) is 21.8 Å². The third-order valence-electron chi connectivity index (χ3n) is 8.25. The van der Waals surface area contributed by atoms with Crippen molar-refractivity contribution in [2.24, 2.45) is 0 Å². The lowest BCUT2D eigenvalue weighted by Crippen LogP contribution is -2.57. The molecule has 0 unspecified atom stereocenters. The Hall–Kier alpha value is -4.42. The molecule has 4 bridgehead atoms. The van der Waals surface area contributed by atoms with Crippen molar-refractivity contribution < 1.29 is 28.6 Å². The maximum Gasteiger partial charge on any atom is 0.239 e. The van der Waals surface area contributed by atoms with Crippen LogP contribution in [-0.4, -0.2) is 82.3 Å². The maximum atomic E-state index is 13.3. The molecule has 0 aliphatic carbocycles. The Morgan fingerprint density at radius 2 is 2.04 bits per heavy atom. The number of aromatic nitrogens is 2. The molecule has 11 nitrogen and oxygen atoms in total. The molecule has 2 atom stereocenters. The molecule has 45 heavy (non-hydrogen) atoms. The van der Waals surface area contributed by atoms with Gasteiger partial charge in [0.1, 0.15) is 5.75 Å². The van der Waals surface area contributed by atoms with Crippen LogP contribution in [-0.2, 0) is 38.6 Å². The van der Waals surface area contributed by atoms with Crippen molar-refractivity contribution >= 4 is 34.0 Å². The van der Waals surface area contributed by atoms with E-state index in [2.05, 4.69) is 10.3 Å². The number of thiazole rings is 1. The zero-order valence-corrected chi connectivity index (χ0v) is 26.3. The Bertz CT molecular complexity index is 1660. The molecule has 2 aromatic heterocycles. The van der Waals surface area contributed by atoms with E-state index in [9.17, 15) is 14.4 Å². The molecule has 0 saturated carbocycles. The summed E-state index contributed by atoms with van der Waals surface area (Å²) in [6.07, 6.45) is 4.81. The molecule has 1 saturated heterocycles. The van der Waals surface area contributed by atoms with Gasteiger partial charge in [0.25, 0.3) is 0 Å². The van der Waals surface area contributed by atoms with Crippen LogP contribution >= 0.6 is 11.3 Å². The van der Waals surface area contributed by atoms with Crippen LogP contribution in [0.4, 0.5) is 0 Å². The molecule has 2 aliphatic heterocycles. The van der Waals surface area contributed by atoms with Gasteiger partial charge in [-0.1, -0.05) is 18.2 Å². The van der Waals surface area contributed by atoms with E-state index in [1.807, 2.05) is 71.6 Å². The average Bonchev–Trinajstić information content (AvgIpc) is 3.64. The highest BCUT2D eigenvalue weighted by molar-refractivity contribution is 7.15. The minimum atomic E-state index is -0.455. The first-order chi connectivity index (χ1) is 21.9. The van der Waals surface area contributed by atoms with E-state index in [4.69, 9.17) is 14.2 Å². The van der Waals surface area contributed by atoms with Gasteiger partial charge in [-0.05, 0) is 55.2 Å². The van der Waals surface area contributed by atoms with Gasteiger partial charge in [0, 0.05) is 43.8 Å². The molecule has 0 radical (unpaired) electrons. The van der Waals surface area contributed by atoms with Gasteiger partial charge in [0.2, 0.25) is 17.7 Å². The van der Waals surface area contributed by atoms with E-state index in [1.54, 1.807) is 16.9 Å². The molecule has 4 aromatic rings. The quantitative estimate of drug-likeness (QED) is 0.364. The number of carbonyl (C=O) groups excluding carboxylic acids is 3. The number of likely N-dealkylation sites (tertiary alicyclic amines) is 1. The summed E-state index contributed by atoms with van der Waals surface area (Å²) in [6, 6.07) is 12.9. The van der Waals surface area contributed by atoms with Crippen LogP contribution in [0.15, 0.2) is 60.2 Å². The van der Waals surface area contributed by atoms with Gasteiger partial charge in [0.05, 0.1) is 44.5 Å². The number of hydrogen-bond acceptors (Lipinski definition) is 8. The first-order valence-electron chi connectivity index (χ1n) is 15.2. The topological polar surface area (TPSA) is 115 Å². The van der Waals surface area contributed by atoms with Crippen molar-refractivity contribution in [3.05, 3.63) is 77.1 Å². The Morgan fingerprint density at radius 3 is 2.87 bits per heavy atom. The Kier molecular flexibility index (Phi) is 9.31. The number of ether oxygens (including phenoxy) is 3. The van der Waals surface area contributed by atoms with E-state index in [0.29, 0.717) is 49.7 Å². The Morgan fingerprint density at radius 1 is 1.16 bits per heavy atom. The lowest BCUT2D eigenvalue weighted by Gasteiger charge is -2.39. The molecule has 0 spiro atoms. The minimum Gasteiger partial charge on any atom is -0.493 e. The summed E-state index contributed by atoms with van der Waals surface area (Å²) in [5, 5.41) is 5.06. The van der Waals surface area contributed by atoms with E-state index >= 15 is 0 Å². The highest BCUT2D eigenvalue weighted by atomic mass is 32.1. The lowest BCUT2D eigenvalue weighted by atomic mass is 10.0. The van der Waals surface area contributed by atoms with Gasteiger partial charge in [-0.3, -0.25) is 18.8 Å². The van der Waals surface area contributed by atoms with Gasteiger partial charge >= 0.3 is 0 Å². The van der Waals surface area contributed by atoms with E-state index < -0.39 is 6.10 Å². The van der Waals surface area contributed by atoms with Crippen LogP contribution < -0.4 is 14.8 Å². The van der Waals surface area contributed by atoms with Gasteiger partial charge in [-0.25, -0.2) is 4.98 Å². The second kappa shape index (κ2) is 13.7. The van der Waals surface area contributed by atoms with Gasteiger partial charge in [-0.2, -0.15) is 0 Å². The Balaban J connectivity index is 1.23. The number of carbonyl (C=O) groups is 3. The number of nitrogens with one attached hydrogen (secondary N) is 1. The van der Waals surface area contributed by atoms with Crippen molar-refractivity contribution in [1.82, 2.24) is 24.5 Å². The molecular weight excluding hydrogens is 594 g/mol. The standard InChI is InChI=1S/C33H37N5O6S/c1-3-36-20-30(39)35-26-11-12-37(32(41)17-24-18-38-13-14-45-33(38)34-24)19-29(26)43-21-23-5-4-6-25(15-23)44-28-16-22(8-10-31(36)40)7-9-27(28)42-2/h4-7,9,13-16,18,26,29H,3,8,10-12,17,19-21H2,1-2H3,(H,35,39)/t26-,29-/m0/s1. The fourth-order valence-corrected chi connectivity index (χ4v) is 6.52. The van der Waals surface area contributed by atoms with Crippen LogP contribution in [0.5, 0.6) is 17.2 Å². The van der Waals surface area contributed by atoms with E-state index in [-0.39, 0.29) is 49.8 Å². The predicted octanol–water partition coefficient (Wildman–Crippen LogP) is 3.84. The SMILES string of the molecule is CCN1CC(=O)N[C@H]2CCN(C(=O)Cc3cn4ccsc4n3)C[C@@H]2OCc2cccc(c2)Oc2cc(ccc2OC)CCC1=O.